The first-order valence-electron chi connectivity index (χ1n) is 4.36. The molecule has 15 heavy (non-hydrogen) atoms. The third kappa shape index (κ3) is 1.99. The van der Waals surface area contributed by atoms with Gasteiger partial charge in [-0.3, -0.25) is 10.1 Å². The van der Waals surface area contributed by atoms with Gasteiger partial charge in [-0.2, -0.15) is 0 Å². The molecule has 1 aliphatic heterocycles. The fraction of sp³-hybridized carbons (Fsp3) is 0.333. The molecule has 0 aliphatic carbocycles. The Morgan fingerprint density at radius 1 is 1.47 bits per heavy atom. The zero-order valence-corrected chi connectivity index (χ0v) is 7.75. The van der Waals surface area contributed by atoms with Gasteiger partial charge in [0.05, 0.1) is 0 Å². The standard InChI is InChI=1S/C9H9NO5/c11-7(4-10(12)13)6-1-2-8-9(3-6)15-5-14-8/h1-3,7,11H,4-5H2/t7-/m0/s1. The molecule has 0 aromatic heterocycles. The average Bonchev–Trinajstić information content (AvgIpc) is 2.62. The van der Waals surface area contributed by atoms with Gasteiger partial charge in [0.25, 0.3) is 0 Å². The maximum atomic E-state index is 10.2. The van der Waals surface area contributed by atoms with Crippen molar-refractivity contribution in [2.45, 2.75) is 6.10 Å². The Balaban J connectivity index is 2.19. The highest BCUT2D eigenvalue weighted by Gasteiger charge is 2.19. The molecule has 1 aliphatic rings. The second kappa shape index (κ2) is 3.74. The SMILES string of the molecule is O=[N+]([O-])C[C@H](O)c1ccc2c(c1)OCO2. The first-order chi connectivity index (χ1) is 7.16. The van der Waals surface area contributed by atoms with E-state index in [9.17, 15) is 15.2 Å². The molecule has 1 atom stereocenters. The van der Waals surface area contributed by atoms with E-state index in [4.69, 9.17) is 9.47 Å². The molecule has 1 heterocycles. The van der Waals surface area contributed by atoms with Gasteiger partial charge in [-0.1, -0.05) is 6.07 Å². The summed E-state index contributed by atoms with van der Waals surface area (Å²) in [5.41, 5.74) is 0.455. The third-order valence-corrected chi connectivity index (χ3v) is 2.10. The van der Waals surface area contributed by atoms with Crippen LogP contribution in [0.5, 0.6) is 11.5 Å². The number of benzene rings is 1. The summed E-state index contributed by atoms with van der Waals surface area (Å²) in [6.07, 6.45) is -1.12. The molecule has 0 bridgehead atoms. The van der Waals surface area contributed by atoms with E-state index in [-0.39, 0.29) is 6.79 Å². The summed E-state index contributed by atoms with van der Waals surface area (Å²) in [5.74, 6) is 1.10. The molecule has 0 amide bonds. The van der Waals surface area contributed by atoms with Gasteiger partial charge >= 0.3 is 0 Å². The fourth-order valence-corrected chi connectivity index (χ4v) is 1.37. The van der Waals surface area contributed by atoms with Crippen molar-refractivity contribution in [1.82, 2.24) is 0 Å². The Hall–Kier alpha value is -1.82. The highest BCUT2D eigenvalue weighted by atomic mass is 16.7. The highest BCUT2D eigenvalue weighted by molar-refractivity contribution is 5.45. The van der Waals surface area contributed by atoms with Crippen molar-refractivity contribution in [2.75, 3.05) is 13.3 Å². The number of rotatable bonds is 3. The predicted molar refractivity (Wildman–Crippen MR) is 49.4 cm³/mol. The highest BCUT2D eigenvalue weighted by Crippen LogP contribution is 2.34. The molecule has 1 aromatic carbocycles. The van der Waals surface area contributed by atoms with Crippen LogP contribution in [0, 0.1) is 10.1 Å². The Morgan fingerprint density at radius 3 is 2.93 bits per heavy atom. The first kappa shape index (κ1) is 9.72. The number of aliphatic hydroxyl groups excluding tert-OH is 1. The molecule has 0 saturated heterocycles. The molecule has 2 rings (SSSR count). The maximum Gasteiger partial charge on any atom is 0.233 e. The van der Waals surface area contributed by atoms with Crippen molar-refractivity contribution in [2.24, 2.45) is 0 Å². The second-order valence-electron chi connectivity index (χ2n) is 3.14. The van der Waals surface area contributed by atoms with Gasteiger partial charge in [0.15, 0.2) is 11.5 Å². The summed E-state index contributed by atoms with van der Waals surface area (Å²) in [4.78, 5) is 9.65. The summed E-state index contributed by atoms with van der Waals surface area (Å²) >= 11 is 0. The summed E-state index contributed by atoms with van der Waals surface area (Å²) in [7, 11) is 0. The van der Waals surface area contributed by atoms with Gasteiger partial charge in [0.1, 0.15) is 6.10 Å². The van der Waals surface area contributed by atoms with Crippen LogP contribution < -0.4 is 9.47 Å². The number of hydrogen-bond donors (Lipinski definition) is 1. The van der Waals surface area contributed by atoms with E-state index in [1.54, 1.807) is 18.2 Å². The molecule has 0 fully saturated rings. The average molecular weight is 211 g/mol. The van der Waals surface area contributed by atoms with Crippen molar-refractivity contribution >= 4 is 0 Å². The van der Waals surface area contributed by atoms with Crippen LogP contribution in [0.3, 0.4) is 0 Å². The molecule has 80 valence electrons. The molecule has 1 aromatic rings. The molecule has 0 radical (unpaired) electrons. The van der Waals surface area contributed by atoms with Crippen molar-refractivity contribution in [3.8, 4) is 11.5 Å². The number of fused-ring (bicyclic) bond motifs is 1. The minimum Gasteiger partial charge on any atom is -0.454 e. The quantitative estimate of drug-likeness (QED) is 0.588. The Bertz CT molecular complexity index is 392. The monoisotopic (exact) mass is 211 g/mol. The lowest BCUT2D eigenvalue weighted by Crippen LogP contribution is -2.11. The van der Waals surface area contributed by atoms with E-state index in [2.05, 4.69) is 0 Å². The largest absolute Gasteiger partial charge is 0.454 e. The first-order valence-corrected chi connectivity index (χ1v) is 4.36. The lowest BCUT2D eigenvalue weighted by atomic mass is 10.1. The third-order valence-electron chi connectivity index (χ3n) is 2.10. The lowest BCUT2D eigenvalue weighted by molar-refractivity contribution is -0.491. The summed E-state index contributed by atoms with van der Waals surface area (Å²) in [6.45, 7) is -0.371. The van der Waals surface area contributed by atoms with Crippen LogP contribution in [0.15, 0.2) is 18.2 Å². The molecular weight excluding hydrogens is 202 g/mol. The van der Waals surface area contributed by atoms with Crippen LogP contribution in [0.2, 0.25) is 0 Å². The Kier molecular flexibility index (Phi) is 2.42. The van der Waals surface area contributed by atoms with Crippen LogP contribution in [0.1, 0.15) is 11.7 Å². The Morgan fingerprint density at radius 2 is 2.20 bits per heavy atom. The lowest BCUT2D eigenvalue weighted by Gasteiger charge is -2.06. The molecule has 6 heteroatoms. The molecular formula is C9H9NO5. The van der Waals surface area contributed by atoms with E-state index in [0.29, 0.717) is 17.1 Å². The summed E-state index contributed by atoms with van der Waals surface area (Å²) in [5, 5.41) is 19.7. The minimum absolute atomic E-state index is 0.143. The predicted octanol–water partition coefficient (Wildman–Crippen LogP) is 0.725. The second-order valence-corrected chi connectivity index (χ2v) is 3.14. The van der Waals surface area contributed by atoms with Gasteiger partial charge < -0.3 is 14.6 Å². The van der Waals surface area contributed by atoms with Crippen LogP contribution >= 0.6 is 0 Å². The van der Waals surface area contributed by atoms with Crippen LogP contribution in [-0.4, -0.2) is 23.4 Å². The topological polar surface area (TPSA) is 81.8 Å². The minimum atomic E-state index is -1.12. The zero-order valence-electron chi connectivity index (χ0n) is 7.75. The summed E-state index contributed by atoms with van der Waals surface area (Å²) < 4.78 is 10.2. The number of ether oxygens (including phenoxy) is 2. The number of nitro groups is 1. The number of aliphatic hydroxyl groups is 1. The smallest absolute Gasteiger partial charge is 0.233 e. The van der Waals surface area contributed by atoms with Crippen molar-refractivity contribution in [3.63, 3.8) is 0 Å². The molecule has 0 unspecified atom stereocenters. The molecule has 0 saturated carbocycles. The molecule has 6 nitrogen and oxygen atoms in total. The van der Waals surface area contributed by atoms with Gasteiger partial charge in [0.2, 0.25) is 13.3 Å². The van der Waals surface area contributed by atoms with Crippen LogP contribution in [-0.2, 0) is 0 Å². The fourth-order valence-electron chi connectivity index (χ4n) is 1.37. The van der Waals surface area contributed by atoms with Crippen molar-refractivity contribution in [3.05, 3.63) is 33.9 Å². The Labute approximate surface area is 85.2 Å². The van der Waals surface area contributed by atoms with E-state index in [1.165, 1.54) is 0 Å². The van der Waals surface area contributed by atoms with Gasteiger partial charge in [-0.25, -0.2) is 0 Å². The normalized spacial score (nSPS) is 15.0. The van der Waals surface area contributed by atoms with Gasteiger partial charge in [-0.15, -0.1) is 0 Å². The molecule has 1 N–H and O–H groups in total. The van der Waals surface area contributed by atoms with E-state index in [0.717, 1.165) is 0 Å². The van der Waals surface area contributed by atoms with Gasteiger partial charge in [-0.05, 0) is 17.7 Å². The van der Waals surface area contributed by atoms with E-state index >= 15 is 0 Å². The van der Waals surface area contributed by atoms with Gasteiger partial charge in [0, 0.05) is 4.92 Å². The number of hydrogen-bond acceptors (Lipinski definition) is 5. The van der Waals surface area contributed by atoms with Crippen molar-refractivity contribution in [1.29, 1.82) is 0 Å². The molecule has 0 spiro atoms. The van der Waals surface area contributed by atoms with Crippen molar-refractivity contribution < 1.29 is 19.5 Å². The van der Waals surface area contributed by atoms with E-state index < -0.39 is 17.6 Å². The van der Waals surface area contributed by atoms with Crippen LogP contribution in [0.4, 0.5) is 0 Å². The number of nitrogens with zero attached hydrogens (tertiary/aromatic N) is 1. The maximum absolute atomic E-state index is 10.2. The summed E-state index contributed by atoms with van der Waals surface area (Å²) in [6, 6.07) is 4.76. The zero-order chi connectivity index (χ0) is 10.8. The van der Waals surface area contributed by atoms with Crippen LogP contribution in [0.25, 0.3) is 0 Å². The van der Waals surface area contributed by atoms with E-state index in [1.807, 2.05) is 0 Å².